The quantitative estimate of drug-likeness (QED) is 0.145. The maximum atomic E-state index is 2.50. The van der Waals surface area contributed by atoms with E-state index in [2.05, 4.69) is 247 Å². The number of nitrogens with zero attached hydrogens (tertiary/aromatic N) is 2. The summed E-state index contributed by atoms with van der Waals surface area (Å²) in [6.45, 7) is 4.33. The number of aromatic nitrogens is 2. The third-order valence-electron chi connectivity index (χ3n) is 12.8. The van der Waals surface area contributed by atoms with Gasteiger partial charge in [0.2, 0.25) is 0 Å². The summed E-state index contributed by atoms with van der Waals surface area (Å²) in [5.41, 5.74) is 19.7. The summed E-state index contributed by atoms with van der Waals surface area (Å²) in [7, 11) is 0. The van der Waals surface area contributed by atoms with Crippen molar-refractivity contribution in [3.63, 3.8) is 0 Å². The van der Waals surface area contributed by atoms with Crippen LogP contribution in [0.2, 0.25) is 0 Å². The molecule has 0 radical (unpaired) electrons. The predicted octanol–water partition coefficient (Wildman–Crippen LogP) is 16.1. The average molecular weight is 795 g/mol. The van der Waals surface area contributed by atoms with Crippen LogP contribution in [0.5, 0.6) is 0 Å². The highest BCUT2D eigenvalue weighted by atomic mass is 15.0. The van der Waals surface area contributed by atoms with E-state index in [1.165, 1.54) is 99.7 Å². The van der Waals surface area contributed by atoms with E-state index in [4.69, 9.17) is 0 Å². The first-order valence-electron chi connectivity index (χ1n) is 21.7. The van der Waals surface area contributed by atoms with Crippen molar-refractivity contribution in [2.75, 3.05) is 0 Å². The molecule has 62 heavy (non-hydrogen) atoms. The molecule has 0 saturated carbocycles. The van der Waals surface area contributed by atoms with Crippen molar-refractivity contribution in [2.45, 2.75) is 26.2 Å². The van der Waals surface area contributed by atoms with Crippen LogP contribution in [-0.2, 0) is 0 Å². The average Bonchev–Trinajstić information content (AvgIpc) is 3.83. The Kier molecular flexibility index (Phi) is 9.47. The number of hydrogen-bond donors (Lipinski definition) is 0. The molecule has 10 aromatic rings. The molecule has 0 N–H and O–H groups in total. The van der Waals surface area contributed by atoms with Crippen LogP contribution in [0.1, 0.15) is 47.2 Å². The second-order valence-electron chi connectivity index (χ2n) is 16.5. The molecule has 0 spiro atoms. The zero-order valence-corrected chi connectivity index (χ0v) is 35.0. The number of allylic oxidation sites excluding steroid dienone is 5. The van der Waals surface area contributed by atoms with Crippen LogP contribution in [0, 0.1) is 6.92 Å². The minimum absolute atomic E-state index is 0.201. The van der Waals surface area contributed by atoms with Crippen LogP contribution in [0.25, 0.3) is 83.6 Å². The lowest BCUT2D eigenvalue weighted by atomic mass is 9.80. The summed E-state index contributed by atoms with van der Waals surface area (Å²) in [4.78, 5) is 0. The standard InChI is InChI=1S/C60H46N2/c1-3-16-57-41(2)54-21-10-13-24-58(54)61(57)52-31-27-44(28-32-52)48-35-46(42-17-6-4-7-18-42)37-50(39-48)51-38-47(43-19-8-5-9-20-43)36-49(40-51)45-29-33-53(34-30-45)62-59-25-14-11-22-55(59)56-23-12-15-26-60(56)62/h3-34,36-40,48H,35H2,1-2H3/b16-3-. The van der Waals surface area contributed by atoms with Crippen molar-refractivity contribution in [3.05, 3.63) is 246 Å². The summed E-state index contributed by atoms with van der Waals surface area (Å²) in [5.74, 6) is 0.201. The van der Waals surface area contributed by atoms with E-state index in [1.807, 2.05) is 0 Å². The first-order valence-corrected chi connectivity index (χ1v) is 21.7. The van der Waals surface area contributed by atoms with Gasteiger partial charge in [0.05, 0.1) is 16.6 Å². The third kappa shape index (κ3) is 6.62. The number of rotatable bonds is 8. The van der Waals surface area contributed by atoms with E-state index in [0.29, 0.717) is 0 Å². The van der Waals surface area contributed by atoms with Gasteiger partial charge in [-0.3, -0.25) is 0 Å². The minimum Gasteiger partial charge on any atom is -0.310 e. The summed E-state index contributed by atoms with van der Waals surface area (Å²) in [6.07, 6.45) is 10.2. The Morgan fingerprint density at radius 3 is 1.55 bits per heavy atom. The Balaban J connectivity index is 1.01. The van der Waals surface area contributed by atoms with Gasteiger partial charge in [0.25, 0.3) is 0 Å². The second kappa shape index (κ2) is 15.7. The van der Waals surface area contributed by atoms with Gasteiger partial charge >= 0.3 is 0 Å². The van der Waals surface area contributed by atoms with Crippen molar-refractivity contribution in [3.8, 4) is 33.6 Å². The molecule has 0 aliphatic heterocycles. The van der Waals surface area contributed by atoms with E-state index in [-0.39, 0.29) is 5.92 Å². The van der Waals surface area contributed by atoms with Crippen molar-refractivity contribution in [1.82, 2.24) is 9.13 Å². The van der Waals surface area contributed by atoms with Gasteiger partial charge in [0.1, 0.15) is 0 Å². The zero-order valence-electron chi connectivity index (χ0n) is 35.0. The van der Waals surface area contributed by atoms with Crippen molar-refractivity contribution in [2.24, 2.45) is 0 Å². The molecule has 1 unspecified atom stereocenters. The lowest BCUT2D eigenvalue weighted by Crippen LogP contribution is -2.05. The minimum atomic E-state index is 0.201. The van der Waals surface area contributed by atoms with Gasteiger partial charge in [0.15, 0.2) is 0 Å². The van der Waals surface area contributed by atoms with Gasteiger partial charge in [-0.05, 0) is 143 Å². The Morgan fingerprint density at radius 1 is 0.452 bits per heavy atom. The van der Waals surface area contributed by atoms with E-state index in [1.54, 1.807) is 0 Å². The fraction of sp³-hybridized carbons (Fsp3) is 0.0667. The molecule has 1 atom stereocenters. The van der Waals surface area contributed by atoms with E-state index in [0.717, 1.165) is 12.1 Å². The van der Waals surface area contributed by atoms with Crippen LogP contribution < -0.4 is 0 Å². The molecule has 0 bridgehead atoms. The fourth-order valence-corrected chi connectivity index (χ4v) is 9.74. The first kappa shape index (κ1) is 37.3. The Bertz CT molecular complexity index is 3300. The summed E-state index contributed by atoms with van der Waals surface area (Å²) in [6, 6.07) is 73.4. The number of benzene rings is 8. The molecule has 11 rings (SSSR count). The largest absolute Gasteiger partial charge is 0.310 e. The summed E-state index contributed by atoms with van der Waals surface area (Å²) in [5, 5.41) is 3.83. The fourth-order valence-electron chi connectivity index (χ4n) is 9.74. The molecule has 1 aliphatic rings. The molecular formula is C60H46N2. The third-order valence-corrected chi connectivity index (χ3v) is 12.8. The molecule has 2 heterocycles. The van der Waals surface area contributed by atoms with E-state index < -0.39 is 0 Å². The van der Waals surface area contributed by atoms with Gasteiger partial charge < -0.3 is 9.13 Å². The van der Waals surface area contributed by atoms with Crippen LogP contribution in [-0.4, -0.2) is 9.13 Å². The topological polar surface area (TPSA) is 9.86 Å². The van der Waals surface area contributed by atoms with Crippen molar-refractivity contribution >= 4 is 49.9 Å². The van der Waals surface area contributed by atoms with Crippen LogP contribution in [0.4, 0.5) is 0 Å². The molecule has 0 saturated heterocycles. The first-order chi connectivity index (χ1) is 30.6. The van der Waals surface area contributed by atoms with E-state index in [9.17, 15) is 0 Å². The molecule has 0 amide bonds. The Morgan fingerprint density at radius 2 is 0.935 bits per heavy atom. The number of para-hydroxylation sites is 3. The second-order valence-corrected chi connectivity index (χ2v) is 16.5. The maximum Gasteiger partial charge on any atom is 0.0541 e. The predicted molar refractivity (Wildman–Crippen MR) is 264 cm³/mol. The molecule has 2 heteroatoms. The lowest BCUT2D eigenvalue weighted by Gasteiger charge is -2.24. The molecule has 2 nitrogen and oxygen atoms in total. The van der Waals surface area contributed by atoms with E-state index >= 15 is 0 Å². The SMILES string of the molecule is C/C=C\c1c(C)c2ccccc2n1-c1ccc(C2C=C(c3cc(-c4ccccc4)cc(-c4ccc(-n5c6ccccc6c6ccccc65)cc4)c3)C=C(c3ccccc3)C2)cc1. The maximum absolute atomic E-state index is 2.50. The lowest BCUT2D eigenvalue weighted by molar-refractivity contribution is 0.869. The van der Waals surface area contributed by atoms with Gasteiger partial charge in [-0.25, -0.2) is 0 Å². The number of aryl methyl sites for hydroxylation is 1. The van der Waals surface area contributed by atoms with Gasteiger partial charge in [-0.1, -0.05) is 158 Å². The van der Waals surface area contributed by atoms with Crippen LogP contribution >= 0.6 is 0 Å². The highest BCUT2D eigenvalue weighted by molar-refractivity contribution is 6.09. The van der Waals surface area contributed by atoms with Crippen LogP contribution in [0.15, 0.2) is 218 Å². The molecule has 8 aromatic carbocycles. The highest BCUT2D eigenvalue weighted by Gasteiger charge is 2.22. The Hall–Kier alpha value is -7.68. The molecule has 0 fully saturated rings. The molecular weight excluding hydrogens is 749 g/mol. The monoisotopic (exact) mass is 794 g/mol. The number of fused-ring (bicyclic) bond motifs is 4. The van der Waals surface area contributed by atoms with Crippen molar-refractivity contribution < 1.29 is 0 Å². The smallest absolute Gasteiger partial charge is 0.0541 e. The number of hydrogen-bond acceptors (Lipinski definition) is 0. The molecule has 296 valence electrons. The highest BCUT2D eigenvalue weighted by Crippen LogP contribution is 2.42. The zero-order chi connectivity index (χ0) is 41.6. The van der Waals surface area contributed by atoms with Gasteiger partial charge in [-0.2, -0.15) is 0 Å². The normalized spacial score (nSPS) is 14.2. The van der Waals surface area contributed by atoms with Gasteiger partial charge in [-0.15, -0.1) is 0 Å². The van der Waals surface area contributed by atoms with Gasteiger partial charge in [0, 0.05) is 39.1 Å². The summed E-state index contributed by atoms with van der Waals surface area (Å²) >= 11 is 0. The molecule has 2 aromatic heterocycles. The molecule has 1 aliphatic carbocycles. The Labute approximate surface area is 363 Å². The van der Waals surface area contributed by atoms with Crippen LogP contribution in [0.3, 0.4) is 0 Å². The van der Waals surface area contributed by atoms with Crippen molar-refractivity contribution in [1.29, 1.82) is 0 Å². The summed E-state index contributed by atoms with van der Waals surface area (Å²) < 4.78 is 4.79.